The summed E-state index contributed by atoms with van der Waals surface area (Å²) >= 11 is 6.42. The van der Waals surface area contributed by atoms with Crippen LogP contribution >= 0.6 is 11.6 Å². The van der Waals surface area contributed by atoms with Crippen molar-refractivity contribution in [2.75, 3.05) is 33.5 Å². The van der Waals surface area contributed by atoms with Gasteiger partial charge in [0.15, 0.2) is 5.78 Å². The van der Waals surface area contributed by atoms with Gasteiger partial charge in [-0.15, -0.1) is 0 Å². The molecule has 0 unspecified atom stereocenters. The van der Waals surface area contributed by atoms with Crippen LogP contribution in [-0.2, 0) is 19.1 Å². The number of ether oxygens (including phenoxy) is 3. The van der Waals surface area contributed by atoms with E-state index in [1.807, 2.05) is 20.8 Å². The van der Waals surface area contributed by atoms with E-state index in [0.717, 1.165) is 19.3 Å². The predicted octanol–water partition coefficient (Wildman–Crippen LogP) is 5.65. The first kappa shape index (κ1) is 32.6. The summed E-state index contributed by atoms with van der Waals surface area (Å²) < 4.78 is 16.3. The zero-order chi connectivity index (χ0) is 30.0. The third kappa shape index (κ3) is 9.84. The number of benzene rings is 1. The van der Waals surface area contributed by atoms with Gasteiger partial charge in [-0.05, 0) is 49.3 Å². The van der Waals surface area contributed by atoms with Crippen molar-refractivity contribution in [2.24, 2.45) is 17.3 Å². The van der Waals surface area contributed by atoms with Crippen molar-refractivity contribution in [3.8, 4) is 11.8 Å². The number of hydrogen-bond donors (Lipinski definition) is 2. The minimum Gasteiger partial charge on any atom is -0.490 e. The Morgan fingerprint density at radius 1 is 1.20 bits per heavy atom. The maximum absolute atomic E-state index is 13.5. The molecule has 2 N–H and O–H groups in total. The molecule has 10 heteroatoms. The normalized spacial score (nSPS) is 17.2. The van der Waals surface area contributed by atoms with Crippen molar-refractivity contribution in [3.05, 3.63) is 28.9 Å². The van der Waals surface area contributed by atoms with E-state index in [1.54, 1.807) is 25.3 Å². The van der Waals surface area contributed by atoms with Gasteiger partial charge in [-0.3, -0.25) is 14.4 Å². The molecule has 1 aromatic carbocycles. The number of ketones is 2. The van der Waals surface area contributed by atoms with Gasteiger partial charge in [0, 0.05) is 37.2 Å². The van der Waals surface area contributed by atoms with Crippen molar-refractivity contribution < 1.29 is 28.6 Å². The van der Waals surface area contributed by atoms with Gasteiger partial charge in [-0.25, -0.2) is 0 Å². The van der Waals surface area contributed by atoms with Crippen molar-refractivity contribution in [1.82, 2.24) is 10.3 Å². The lowest BCUT2D eigenvalue weighted by Gasteiger charge is -2.27. The molecule has 3 atom stereocenters. The number of H-pyrrole nitrogens is 1. The van der Waals surface area contributed by atoms with Crippen LogP contribution in [-0.4, -0.2) is 62.0 Å². The van der Waals surface area contributed by atoms with E-state index >= 15 is 0 Å². The van der Waals surface area contributed by atoms with E-state index in [9.17, 15) is 19.6 Å². The van der Waals surface area contributed by atoms with Gasteiger partial charge in [-0.1, -0.05) is 38.8 Å². The monoisotopic (exact) mass is 587 g/mol. The summed E-state index contributed by atoms with van der Waals surface area (Å²) in [5.74, 6) is -0.732. The highest BCUT2D eigenvalue weighted by molar-refractivity contribution is 6.35. The number of nitrogens with zero attached hydrogens (tertiary/aromatic N) is 1. The highest BCUT2D eigenvalue weighted by Gasteiger charge is 2.31. The van der Waals surface area contributed by atoms with Crippen LogP contribution in [0.15, 0.2) is 18.2 Å². The maximum Gasteiger partial charge on any atom is 0.224 e. The molecule has 1 saturated carbocycles. The fourth-order valence-corrected chi connectivity index (χ4v) is 5.46. The average molecular weight is 588 g/mol. The molecule has 0 aliphatic heterocycles. The first-order chi connectivity index (χ1) is 19.5. The van der Waals surface area contributed by atoms with Crippen LogP contribution in [0.1, 0.15) is 76.2 Å². The number of methoxy groups -OCH3 is 1. The number of aromatic amines is 1. The number of rotatable bonds is 15. The van der Waals surface area contributed by atoms with Crippen molar-refractivity contribution >= 4 is 40.0 Å². The van der Waals surface area contributed by atoms with E-state index in [1.165, 1.54) is 0 Å². The number of Topliss-reactive ketones (excluding diaryl/α,β-unsaturated/α-hetero) is 2. The lowest BCUT2D eigenvalue weighted by molar-refractivity contribution is -0.128. The van der Waals surface area contributed by atoms with Gasteiger partial charge >= 0.3 is 0 Å². The third-order valence-corrected chi connectivity index (χ3v) is 7.57. The second-order valence-electron chi connectivity index (χ2n) is 11.9. The van der Waals surface area contributed by atoms with Crippen LogP contribution in [0.5, 0.6) is 5.75 Å². The number of nitrogens with one attached hydrogen (secondary N) is 2. The molecule has 1 heterocycles. The van der Waals surface area contributed by atoms with Gasteiger partial charge in [0.05, 0.1) is 42.1 Å². The van der Waals surface area contributed by atoms with E-state index in [0.29, 0.717) is 73.1 Å². The molecular formula is C31H42ClN3O6. The Labute approximate surface area is 247 Å². The summed E-state index contributed by atoms with van der Waals surface area (Å²) in [6.07, 6.45) is 3.81. The minimum absolute atomic E-state index is 0.0441. The molecule has 3 rings (SSSR count). The van der Waals surface area contributed by atoms with E-state index < -0.39 is 12.0 Å². The molecule has 2 aromatic rings. The molecule has 1 fully saturated rings. The standard InChI is InChI=1S/C31H42ClN3O6/c1-31(2,3)18-21(30(38)34-22(19-33)15-20-7-5-6-8-26(20)36)16-27(37)25-17-23-28(10-9-24(32)29(23)35-25)41-14-13-40-12-11-39-4/h9-10,17,20-22,35H,5-8,11-16,18H2,1-4H3,(H,34,38)/t20-,21-,22-/m0/s1. The highest BCUT2D eigenvalue weighted by Crippen LogP contribution is 2.34. The predicted molar refractivity (Wildman–Crippen MR) is 157 cm³/mol. The Morgan fingerprint density at radius 2 is 1.95 bits per heavy atom. The molecule has 0 saturated heterocycles. The second-order valence-corrected chi connectivity index (χ2v) is 12.3. The zero-order valence-electron chi connectivity index (χ0n) is 24.5. The zero-order valence-corrected chi connectivity index (χ0v) is 25.3. The largest absolute Gasteiger partial charge is 0.490 e. The summed E-state index contributed by atoms with van der Waals surface area (Å²) in [7, 11) is 1.61. The van der Waals surface area contributed by atoms with Crippen LogP contribution in [0.2, 0.25) is 5.02 Å². The molecule has 9 nitrogen and oxygen atoms in total. The second kappa shape index (κ2) is 15.3. The quantitative estimate of drug-likeness (QED) is 0.203. The van der Waals surface area contributed by atoms with Crippen LogP contribution in [0, 0.1) is 28.6 Å². The minimum atomic E-state index is -0.780. The van der Waals surface area contributed by atoms with Crippen molar-refractivity contribution in [3.63, 3.8) is 0 Å². The number of carbonyl (C=O) groups is 3. The van der Waals surface area contributed by atoms with Gasteiger partial charge in [-0.2, -0.15) is 5.26 Å². The van der Waals surface area contributed by atoms with Gasteiger partial charge in [0.2, 0.25) is 5.91 Å². The van der Waals surface area contributed by atoms with Crippen molar-refractivity contribution in [1.29, 1.82) is 5.26 Å². The number of hydrogen-bond acceptors (Lipinski definition) is 7. The smallest absolute Gasteiger partial charge is 0.224 e. The molecule has 0 bridgehead atoms. The Kier molecular flexibility index (Phi) is 12.2. The van der Waals surface area contributed by atoms with E-state index in [4.69, 9.17) is 25.8 Å². The summed E-state index contributed by atoms with van der Waals surface area (Å²) in [5.41, 5.74) is 0.664. The molecule has 224 valence electrons. The topological polar surface area (TPSA) is 131 Å². The maximum atomic E-state index is 13.5. The average Bonchev–Trinajstić information content (AvgIpc) is 3.38. The number of carbonyl (C=O) groups excluding carboxylic acids is 3. The summed E-state index contributed by atoms with van der Waals surface area (Å²) in [6.45, 7) is 7.68. The number of amides is 1. The van der Waals surface area contributed by atoms with Gasteiger partial charge in [0.25, 0.3) is 0 Å². The fraction of sp³-hybridized carbons (Fsp3) is 0.613. The Bertz CT molecular complexity index is 1240. The molecule has 1 amide bonds. The number of nitriles is 1. The summed E-state index contributed by atoms with van der Waals surface area (Å²) in [4.78, 5) is 42.3. The SMILES string of the molecule is COCCOCCOc1ccc(Cl)c2[nH]c(C(=O)C[C@@H](CC(C)(C)C)C(=O)N[C@H](C#N)C[C@@H]3CCCCC3=O)cc12. The third-order valence-electron chi connectivity index (χ3n) is 7.26. The van der Waals surface area contributed by atoms with E-state index in [-0.39, 0.29) is 35.2 Å². The lowest BCUT2D eigenvalue weighted by atomic mass is 9.81. The van der Waals surface area contributed by atoms with Crippen LogP contribution in [0.4, 0.5) is 0 Å². The Morgan fingerprint density at radius 3 is 2.63 bits per heavy atom. The first-order valence-corrected chi connectivity index (χ1v) is 14.7. The van der Waals surface area contributed by atoms with Crippen LogP contribution < -0.4 is 10.1 Å². The fourth-order valence-electron chi connectivity index (χ4n) is 5.24. The van der Waals surface area contributed by atoms with Crippen molar-refractivity contribution in [2.45, 2.75) is 71.8 Å². The van der Waals surface area contributed by atoms with Crippen LogP contribution in [0.25, 0.3) is 10.9 Å². The lowest BCUT2D eigenvalue weighted by Crippen LogP contribution is -2.42. The van der Waals surface area contributed by atoms with Gasteiger partial charge in [0.1, 0.15) is 24.2 Å². The van der Waals surface area contributed by atoms with E-state index in [2.05, 4.69) is 16.4 Å². The molecule has 0 spiro atoms. The first-order valence-electron chi connectivity index (χ1n) is 14.3. The number of halogens is 1. The summed E-state index contributed by atoms with van der Waals surface area (Å²) in [6, 6.07) is 6.51. The number of fused-ring (bicyclic) bond motifs is 1. The Hall–Kier alpha value is -2.93. The molecule has 41 heavy (non-hydrogen) atoms. The number of aromatic nitrogens is 1. The molecule has 1 aliphatic carbocycles. The highest BCUT2D eigenvalue weighted by atomic mass is 35.5. The Balaban J connectivity index is 1.72. The molecule has 0 radical (unpaired) electrons. The van der Waals surface area contributed by atoms with Gasteiger partial charge < -0.3 is 24.5 Å². The summed E-state index contributed by atoms with van der Waals surface area (Å²) in [5, 5.41) is 13.7. The molecule has 1 aliphatic rings. The molecular weight excluding hydrogens is 546 g/mol. The van der Waals surface area contributed by atoms with Crippen LogP contribution in [0.3, 0.4) is 0 Å². The molecule has 1 aromatic heterocycles.